The van der Waals surface area contributed by atoms with E-state index in [1.54, 1.807) is 0 Å². The Hall–Kier alpha value is -1.03. The highest BCUT2D eigenvalue weighted by molar-refractivity contribution is 5.36. The van der Waals surface area contributed by atoms with Gasteiger partial charge in [-0.3, -0.25) is 0 Å². The first kappa shape index (κ1) is 13.4. The van der Waals surface area contributed by atoms with Gasteiger partial charge in [-0.15, -0.1) is 0 Å². The second-order valence-electron chi connectivity index (χ2n) is 4.90. The molecule has 0 unspecified atom stereocenters. The molecule has 1 nitrogen and oxygen atoms in total. The summed E-state index contributed by atoms with van der Waals surface area (Å²) in [6, 6.07) is 4.06. The lowest BCUT2D eigenvalue weighted by atomic mass is 9.81. The van der Waals surface area contributed by atoms with Crippen molar-refractivity contribution in [3.05, 3.63) is 34.9 Å². The van der Waals surface area contributed by atoms with Gasteiger partial charge in [0.25, 0.3) is 0 Å². The minimum atomic E-state index is -4.36. The molecule has 1 radical (unpaired) electrons. The van der Waals surface area contributed by atoms with E-state index >= 15 is 0 Å². The maximum Gasteiger partial charge on any atom is 0.416 e. The Morgan fingerprint density at radius 2 is 1.78 bits per heavy atom. The fourth-order valence-electron chi connectivity index (χ4n) is 2.71. The van der Waals surface area contributed by atoms with Crippen LogP contribution in [0.3, 0.4) is 0 Å². The summed E-state index contributed by atoms with van der Waals surface area (Å²) >= 11 is 0. The van der Waals surface area contributed by atoms with Gasteiger partial charge < -0.3 is 0 Å². The lowest BCUT2D eigenvalue weighted by molar-refractivity contribution is -0.138. The van der Waals surface area contributed by atoms with Gasteiger partial charge >= 0.3 is 6.18 Å². The monoisotopic (exact) mass is 257 g/mol. The number of halogens is 3. The number of benzene rings is 1. The molecule has 4 heteroatoms. The summed E-state index contributed by atoms with van der Waals surface area (Å²) in [6.45, 7) is -0.603. The summed E-state index contributed by atoms with van der Waals surface area (Å²) in [7, 11) is 0. The van der Waals surface area contributed by atoms with Crippen molar-refractivity contribution < 1.29 is 18.3 Å². The van der Waals surface area contributed by atoms with Crippen molar-refractivity contribution in [3.63, 3.8) is 0 Å². The molecule has 1 aromatic carbocycles. The molecule has 2 rings (SSSR count). The predicted octanol–water partition coefficient (Wildman–Crippen LogP) is 4.68. The van der Waals surface area contributed by atoms with Crippen LogP contribution < -0.4 is 0 Å². The fraction of sp³-hybridized carbons (Fsp3) is 0.571. The Bertz CT molecular complexity index is 406. The highest BCUT2D eigenvalue weighted by Gasteiger charge is 2.35. The second kappa shape index (κ2) is 5.31. The SMILES string of the molecule is [O]Cc1ccc(C2CCCCC2)c(C(F)(F)F)c1. The molecule has 0 N–H and O–H groups in total. The van der Waals surface area contributed by atoms with E-state index in [0.29, 0.717) is 5.56 Å². The third-order valence-corrected chi connectivity index (χ3v) is 3.63. The van der Waals surface area contributed by atoms with Gasteiger partial charge in [-0.1, -0.05) is 31.4 Å². The maximum absolute atomic E-state index is 13.0. The van der Waals surface area contributed by atoms with Crippen LogP contribution in [0.4, 0.5) is 13.2 Å². The first-order chi connectivity index (χ1) is 8.52. The van der Waals surface area contributed by atoms with Gasteiger partial charge in [-0.25, -0.2) is 5.11 Å². The van der Waals surface area contributed by atoms with Crippen LogP contribution >= 0.6 is 0 Å². The van der Waals surface area contributed by atoms with E-state index in [0.717, 1.165) is 38.2 Å². The molecule has 0 heterocycles. The standard InChI is InChI=1S/C14H16F3O/c15-14(16,17)13-8-10(9-18)6-7-12(13)11-4-2-1-3-5-11/h6-8,11H,1-5,9H2. The molecule has 0 atom stereocenters. The molecule has 1 saturated carbocycles. The lowest BCUT2D eigenvalue weighted by Gasteiger charge is -2.25. The number of rotatable bonds is 2. The number of hydrogen-bond donors (Lipinski definition) is 0. The molecule has 99 valence electrons. The normalized spacial score (nSPS) is 18.0. The van der Waals surface area contributed by atoms with Crippen LogP contribution in [-0.4, -0.2) is 0 Å². The molecule has 0 amide bonds. The molecule has 0 aromatic heterocycles. The Balaban J connectivity index is 2.38. The van der Waals surface area contributed by atoms with Crippen LogP contribution in [0.2, 0.25) is 0 Å². The summed E-state index contributed by atoms with van der Waals surface area (Å²) in [5.41, 5.74) is -0.0240. The van der Waals surface area contributed by atoms with E-state index in [9.17, 15) is 18.3 Å². The highest BCUT2D eigenvalue weighted by Crippen LogP contribution is 2.40. The molecule has 18 heavy (non-hydrogen) atoms. The van der Waals surface area contributed by atoms with Crippen LogP contribution in [0.1, 0.15) is 54.7 Å². The van der Waals surface area contributed by atoms with Crippen LogP contribution in [0.25, 0.3) is 0 Å². The minimum absolute atomic E-state index is 0.00363. The van der Waals surface area contributed by atoms with Crippen LogP contribution in [0.15, 0.2) is 18.2 Å². The zero-order valence-electron chi connectivity index (χ0n) is 10.1. The van der Waals surface area contributed by atoms with Crippen molar-refractivity contribution in [1.82, 2.24) is 0 Å². The van der Waals surface area contributed by atoms with E-state index in [4.69, 9.17) is 0 Å². The number of hydrogen-bond acceptors (Lipinski definition) is 0. The Kier molecular flexibility index (Phi) is 3.95. The average molecular weight is 257 g/mol. The topological polar surface area (TPSA) is 19.9 Å². The molecule has 1 aromatic rings. The van der Waals surface area contributed by atoms with Crippen LogP contribution in [-0.2, 0) is 17.9 Å². The molecule has 0 saturated heterocycles. The first-order valence-electron chi connectivity index (χ1n) is 6.30. The van der Waals surface area contributed by atoms with Gasteiger partial charge in [0.05, 0.1) is 5.56 Å². The minimum Gasteiger partial charge on any atom is -0.232 e. The van der Waals surface area contributed by atoms with Crippen molar-refractivity contribution in [2.24, 2.45) is 0 Å². The summed E-state index contributed by atoms with van der Waals surface area (Å²) in [6.07, 6.45) is 0.366. The van der Waals surface area contributed by atoms with E-state index in [1.165, 1.54) is 12.1 Å². The van der Waals surface area contributed by atoms with Crippen molar-refractivity contribution in [3.8, 4) is 0 Å². The van der Waals surface area contributed by atoms with Crippen LogP contribution in [0.5, 0.6) is 0 Å². The summed E-state index contributed by atoms with van der Waals surface area (Å²) < 4.78 is 39.1. The van der Waals surface area contributed by atoms with Gasteiger partial charge in [0, 0.05) is 0 Å². The summed E-state index contributed by atoms with van der Waals surface area (Å²) in [4.78, 5) is 0. The third kappa shape index (κ3) is 2.86. The Morgan fingerprint density at radius 3 is 2.33 bits per heavy atom. The molecular formula is C14H16F3O. The van der Waals surface area contributed by atoms with E-state index < -0.39 is 18.3 Å². The zero-order valence-corrected chi connectivity index (χ0v) is 10.1. The largest absolute Gasteiger partial charge is 0.416 e. The van der Waals surface area contributed by atoms with Crippen molar-refractivity contribution in [2.45, 2.75) is 50.8 Å². The molecule has 0 bridgehead atoms. The van der Waals surface area contributed by atoms with Gasteiger partial charge in [-0.2, -0.15) is 13.2 Å². The molecule has 0 aliphatic heterocycles. The number of alkyl halides is 3. The van der Waals surface area contributed by atoms with E-state index in [2.05, 4.69) is 0 Å². The zero-order chi connectivity index (χ0) is 13.2. The highest BCUT2D eigenvalue weighted by atomic mass is 19.4. The lowest BCUT2D eigenvalue weighted by Crippen LogP contribution is -2.14. The van der Waals surface area contributed by atoms with Crippen molar-refractivity contribution in [1.29, 1.82) is 0 Å². The van der Waals surface area contributed by atoms with Crippen molar-refractivity contribution in [2.75, 3.05) is 0 Å². The average Bonchev–Trinajstić information content (AvgIpc) is 2.38. The van der Waals surface area contributed by atoms with Gasteiger partial charge in [-0.05, 0) is 36.0 Å². The Labute approximate surface area is 105 Å². The second-order valence-corrected chi connectivity index (χ2v) is 4.90. The predicted molar refractivity (Wildman–Crippen MR) is 61.7 cm³/mol. The molecular weight excluding hydrogens is 241 g/mol. The first-order valence-corrected chi connectivity index (χ1v) is 6.30. The van der Waals surface area contributed by atoms with Crippen LogP contribution in [0, 0.1) is 0 Å². The van der Waals surface area contributed by atoms with Crippen molar-refractivity contribution >= 4 is 0 Å². The smallest absolute Gasteiger partial charge is 0.232 e. The third-order valence-electron chi connectivity index (χ3n) is 3.63. The molecule has 1 aliphatic rings. The Morgan fingerprint density at radius 1 is 1.11 bits per heavy atom. The molecule has 0 spiro atoms. The summed E-state index contributed by atoms with van der Waals surface area (Å²) in [5, 5.41) is 10.7. The molecule has 1 aliphatic carbocycles. The summed E-state index contributed by atoms with van der Waals surface area (Å²) in [5.74, 6) is -0.00363. The van der Waals surface area contributed by atoms with Gasteiger partial charge in [0.2, 0.25) is 0 Å². The van der Waals surface area contributed by atoms with E-state index in [-0.39, 0.29) is 11.5 Å². The quantitative estimate of drug-likeness (QED) is 0.732. The van der Waals surface area contributed by atoms with E-state index in [1.807, 2.05) is 0 Å². The molecule has 1 fully saturated rings. The van der Waals surface area contributed by atoms with Gasteiger partial charge in [0.1, 0.15) is 6.61 Å². The maximum atomic E-state index is 13.0. The fourth-order valence-corrected chi connectivity index (χ4v) is 2.71. The van der Waals surface area contributed by atoms with Gasteiger partial charge in [0.15, 0.2) is 0 Å².